The zero-order chi connectivity index (χ0) is 15.1. The maximum absolute atomic E-state index is 11.7. The van der Waals surface area contributed by atoms with Crippen LogP contribution in [0.3, 0.4) is 0 Å². The van der Waals surface area contributed by atoms with Gasteiger partial charge in [0.15, 0.2) is 0 Å². The van der Waals surface area contributed by atoms with E-state index in [1.54, 1.807) is 13.8 Å². The number of rotatable bonds is 7. The molecule has 0 amide bonds. The number of hydrogen-bond acceptors (Lipinski definition) is 5. The third-order valence-corrected chi connectivity index (χ3v) is 2.46. The third kappa shape index (κ3) is 5.60. The number of carbonyl (C=O) groups excluding carboxylic acids is 2. The summed E-state index contributed by atoms with van der Waals surface area (Å²) in [5.41, 5.74) is 0.639. The molecule has 0 unspecified atom stereocenters. The molecule has 1 aromatic rings. The number of hydrogen-bond donors (Lipinski definition) is 1. The molecule has 0 bridgehead atoms. The van der Waals surface area contributed by atoms with Crippen molar-refractivity contribution in [2.45, 2.75) is 33.1 Å². The molecule has 0 aliphatic heterocycles. The number of carbonyl (C=O) groups is 2. The first-order chi connectivity index (χ1) is 9.38. The van der Waals surface area contributed by atoms with Gasteiger partial charge in [0.25, 0.3) is 5.56 Å². The lowest BCUT2D eigenvalue weighted by Crippen LogP contribution is -2.15. The van der Waals surface area contributed by atoms with Crippen LogP contribution >= 0.6 is 0 Å². The molecule has 0 radical (unpaired) electrons. The molecule has 0 aliphatic rings. The van der Waals surface area contributed by atoms with Crippen LogP contribution in [-0.2, 0) is 20.7 Å². The summed E-state index contributed by atoms with van der Waals surface area (Å²) in [6.07, 6.45) is 0.778. The number of ether oxygens (including phenoxy) is 1. The highest BCUT2D eigenvalue weighted by atomic mass is 16.5. The van der Waals surface area contributed by atoms with Gasteiger partial charge in [0.2, 0.25) is 0 Å². The molecule has 108 valence electrons. The van der Waals surface area contributed by atoms with Gasteiger partial charge in [-0.2, -0.15) is 0 Å². The van der Waals surface area contributed by atoms with Crippen LogP contribution in [0.2, 0.25) is 0 Å². The fourth-order valence-electron chi connectivity index (χ4n) is 1.56. The van der Waals surface area contributed by atoms with Gasteiger partial charge < -0.3 is 9.72 Å². The fourth-order valence-corrected chi connectivity index (χ4v) is 1.56. The van der Waals surface area contributed by atoms with E-state index in [9.17, 15) is 14.4 Å². The second-order valence-corrected chi connectivity index (χ2v) is 4.57. The molecule has 0 aromatic carbocycles. The van der Waals surface area contributed by atoms with Crippen molar-refractivity contribution in [3.63, 3.8) is 0 Å². The fraction of sp³-hybridized carbons (Fsp3) is 0.429. The maximum atomic E-state index is 11.7. The molecular weight excluding hydrogens is 260 g/mol. The van der Waals surface area contributed by atoms with Crippen molar-refractivity contribution in [3.8, 4) is 0 Å². The summed E-state index contributed by atoms with van der Waals surface area (Å²) in [5, 5.41) is 0. The number of nitrogens with one attached hydrogen (secondary N) is 1. The lowest BCUT2D eigenvalue weighted by atomic mass is 10.1. The number of aryl methyl sites for hydroxylation is 1. The van der Waals surface area contributed by atoms with Gasteiger partial charge in [-0.3, -0.25) is 9.59 Å². The smallest absolute Gasteiger partial charge is 0.333 e. The van der Waals surface area contributed by atoms with Crippen molar-refractivity contribution in [1.29, 1.82) is 0 Å². The summed E-state index contributed by atoms with van der Waals surface area (Å²) in [6.45, 7) is 6.89. The van der Waals surface area contributed by atoms with Gasteiger partial charge in [0, 0.05) is 23.8 Å². The number of ketones is 1. The topological polar surface area (TPSA) is 89.1 Å². The second-order valence-electron chi connectivity index (χ2n) is 4.57. The van der Waals surface area contributed by atoms with E-state index in [4.69, 9.17) is 4.74 Å². The average Bonchev–Trinajstić information content (AvgIpc) is 2.32. The molecule has 0 aliphatic carbocycles. The Kier molecular flexibility index (Phi) is 5.83. The summed E-state index contributed by atoms with van der Waals surface area (Å²) >= 11 is 0. The Bertz CT molecular complexity index is 575. The van der Waals surface area contributed by atoms with E-state index in [-0.39, 0.29) is 30.8 Å². The molecule has 20 heavy (non-hydrogen) atoms. The monoisotopic (exact) mass is 278 g/mol. The molecule has 0 fully saturated rings. The van der Waals surface area contributed by atoms with Crippen molar-refractivity contribution in [2.75, 3.05) is 6.61 Å². The van der Waals surface area contributed by atoms with Crippen LogP contribution in [0, 0.1) is 6.92 Å². The van der Waals surface area contributed by atoms with E-state index in [0.717, 1.165) is 0 Å². The van der Waals surface area contributed by atoms with Crippen LogP contribution in [0.4, 0.5) is 0 Å². The maximum Gasteiger partial charge on any atom is 0.333 e. The van der Waals surface area contributed by atoms with Gasteiger partial charge in [-0.25, -0.2) is 9.78 Å². The Hall–Kier alpha value is -2.24. The highest BCUT2D eigenvalue weighted by molar-refractivity contribution is 5.87. The standard InChI is InChI=1S/C14H18N2O4/c1-9(2)14(19)20-6-4-5-11(17)8-12-15-10(3)7-13(18)16-12/h7H,1,4-6,8H2,2-3H3,(H,15,16,18). The molecule has 6 heteroatoms. The molecular formula is C14H18N2O4. The van der Waals surface area contributed by atoms with Crippen LogP contribution in [0.5, 0.6) is 0 Å². The van der Waals surface area contributed by atoms with E-state index < -0.39 is 5.97 Å². The SMILES string of the molecule is C=C(C)C(=O)OCCCC(=O)Cc1nc(C)cc(=O)[nH]1. The quantitative estimate of drug-likeness (QED) is 0.458. The summed E-state index contributed by atoms with van der Waals surface area (Å²) in [7, 11) is 0. The van der Waals surface area contributed by atoms with Crippen LogP contribution < -0.4 is 5.56 Å². The Morgan fingerprint density at radius 1 is 1.45 bits per heavy atom. The van der Waals surface area contributed by atoms with Crippen LogP contribution in [0.15, 0.2) is 23.0 Å². The summed E-state index contributed by atoms with van der Waals surface area (Å²) in [4.78, 5) is 40.6. The minimum atomic E-state index is -0.456. The Morgan fingerprint density at radius 3 is 2.75 bits per heavy atom. The predicted octanol–water partition coefficient (Wildman–Crippen LogP) is 1.09. The van der Waals surface area contributed by atoms with Crippen LogP contribution in [0.25, 0.3) is 0 Å². The second kappa shape index (κ2) is 7.37. The molecule has 1 N–H and O–H groups in total. The first kappa shape index (κ1) is 15.8. The van der Waals surface area contributed by atoms with Crippen LogP contribution in [-0.4, -0.2) is 28.3 Å². The highest BCUT2D eigenvalue weighted by Gasteiger charge is 2.08. The van der Waals surface area contributed by atoms with Gasteiger partial charge in [0.05, 0.1) is 13.0 Å². The molecule has 1 heterocycles. The molecule has 6 nitrogen and oxygen atoms in total. The first-order valence-corrected chi connectivity index (χ1v) is 6.29. The third-order valence-electron chi connectivity index (χ3n) is 2.46. The molecule has 0 spiro atoms. The van der Waals surface area contributed by atoms with Gasteiger partial charge in [-0.1, -0.05) is 6.58 Å². The molecule has 1 rings (SSSR count). The number of Topliss-reactive ketones (excluding diaryl/α,β-unsaturated/α-hetero) is 1. The van der Waals surface area contributed by atoms with Gasteiger partial charge in [-0.05, 0) is 20.3 Å². The van der Waals surface area contributed by atoms with E-state index >= 15 is 0 Å². The normalized spacial score (nSPS) is 10.1. The predicted molar refractivity (Wildman–Crippen MR) is 73.3 cm³/mol. The number of aromatic amines is 1. The number of esters is 1. The Balaban J connectivity index is 2.35. The van der Waals surface area contributed by atoms with Crippen molar-refractivity contribution < 1.29 is 14.3 Å². The number of H-pyrrole nitrogens is 1. The summed E-state index contributed by atoms with van der Waals surface area (Å²) < 4.78 is 4.88. The van der Waals surface area contributed by atoms with Gasteiger partial charge >= 0.3 is 5.97 Å². The largest absolute Gasteiger partial charge is 0.462 e. The lowest BCUT2D eigenvalue weighted by molar-refractivity contribution is -0.139. The summed E-state index contributed by atoms with van der Waals surface area (Å²) in [6, 6.07) is 1.37. The molecule has 1 aromatic heterocycles. The number of aromatic nitrogens is 2. The molecule has 0 saturated carbocycles. The zero-order valence-electron chi connectivity index (χ0n) is 11.7. The average molecular weight is 278 g/mol. The Labute approximate surface area is 116 Å². The molecule has 0 atom stereocenters. The van der Waals surface area contributed by atoms with Gasteiger partial charge in [0.1, 0.15) is 11.6 Å². The minimum Gasteiger partial charge on any atom is -0.462 e. The van der Waals surface area contributed by atoms with Crippen molar-refractivity contribution in [1.82, 2.24) is 9.97 Å². The van der Waals surface area contributed by atoms with Gasteiger partial charge in [-0.15, -0.1) is 0 Å². The van der Waals surface area contributed by atoms with E-state index in [0.29, 0.717) is 23.5 Å². The lowest BCUT2D eigenvalue weighted by Gasteiger charge is -2.04. The molecule has 0 saturated heterocycles. The first-order valence-electron chi connectivity index (χ1n) is 6.29. The zero-order valence-corrected chi connectivity index (χ0v) is 11.7. The summed E-state index contributed by atoms with van der Waals surface area (Å²) in [5.74, 6) is -0.161. The van der Waals surface area contributed by atoms with Crippen LogP contribution in [0.1, 0.15) is 31.3 Å². The van der Waals surface area contributed by atoms with Crippen molar-refractivity contribution in [2.24, 2.45) is 0 Å². The Morgan fingerprint density at radius 2 is 2.15 bits per heavy atom. The van der Waals surface area contributed by atoms with E-state index in [1.165, 1.54) is 6.07 Å². The number of nitrogens with zero attached hydrogens (tertiary/aromatic N) is 1. The minimum absolute atomic E-state index is 0.0647. The van der Waals surface area contributed by atoms with Crippen molar-refractivity contribution >= 4 is 11.8 Å². The highest BCUT2D eigenvalue weighted by Crippen LogP contribution is 2.00. The van der Waals surface area contributed by atoms with E-state index in [1.807, 2.05) is 0 Å². The van der Waals surface area contributed by atoms with E-state index in [2.05, 4.69) is 16.5 Å². The van der Waals surface area contributed by atoms with Crippen molar-refractivity contribution in [3.05, 3.63) is 40.1 Å².